The van der Waals surface area contributed by atoms with Crippen molar-refractivity contribution in [1.82, 2.24) is 0 Å². The zero-order valence-corrected chi connectivity index (χ0v) is 21.9. The average molecular weight is 595 g/mol. The maximum Gasteiger partial charge on any atom is 0.229 e. The van der Waals surface area contributed by atoms with E-state index in [0.29, 0.717) is 0 Å². The number of hydrogen-bond acceptors (Lipinski definition) is 15. The molecule has 3 heterocycles. The van der Waals surface area contributed by atoms with Crippen LogP contribution in [0.2, 0.25) is 0 Å². The molecule has 2 aliphatic rings. The van der Waals surface area contributed by atoms with Crippen LogP contribution in [0.1, 0.15) is 6.92 Å². The van der Waals surface area contributed by atoms with Crippen molar-refractivity contribution in [3.05, 3.63) is 46.8 Å². The van der Waals surface area contributed by atoms with E-state index >= 15 is 0 Å². The summed E-state index contributed by atoms with van der Waals surface area (Å²) in [5.41, 5.74) is -0.581. The van der Waals surface area contributed by atoms with E-state index in [9.17, 15) is 50.8 Å². The molecule has 9 N–H and O–H groups in total. The number of aliphatic hydroxyl groups is 6. The van der Waals surface area contributed by atoms with Crippen LogP contribution in [0.25, 0.3) is 22.1 Å². The molecule has 2 fully saturated rings. The lowest BCUT2D eigenvalue weighted by Crippen LogP contribution is -2.64. The largest absolute Gasteiger partial charge is 0.507 e. The number of fused-ring (bicyclic) bond motifs is 1. The Labute approximate surface area is 236 Å². The van der Waals surface area contributed by atoms with Gasteiger partial charge < -0.3 is 69.3 Å². The zero-order valence-electron chi connectivity index (χ0n) is 21.9. The fourth-order valence-electron chi connectivity index (χ4n) is 4.90. The summed E-state index contributed by atoms with van der Waals surface area (Å²) in [5, 5.41) is 91.3. The van der Waals surface area contributed by atoms with Crippen LogP contribution in [0.3, 0.4) is 0 Å². The maximum atomic E-state index is 13.1. The zero-order chi connectivity index (χ0) is 30.5. The van der Waals surface area contributed by atoms with Gasteiger partial charge in [-0.1, -0.05) is 6.07 Å². The minimum Gasteiger partial charge on any atom is -0.507 e. The maximum absolute atomic E-state index is 13.1. The van der Waals surface area contributed by atoms with E-state index in [1.807, 2.05) is 0 Å². The summed E-state index contributed by atoms with van der Waals surface area (Å²) >= 11 is 0. The summed E-state index contributed by atoms with van der Waals surface area (Å²) in [7, 11) is 0. The highest BCUT2D eigenvalue weighted by Crippen LogP contribution is 2.35. The Hall–Kier alpha value is -3.51. The van der Waals surface area contributed by atoms with Crippen molar-refractivity contribution in [3.8, 4) is 34.1 Å². The van der Waals surface area contributed by atoms with Crippen molar-refractivity contribution in [3.63, 3.8) is 0 Å². The quantitative estimate of drug-likeness (QED) is 0.149. The molecule has 0 bridgehead atoms. The Bertz CT molecular complexity index is 1490. The highest BCUT2D eigenvalue weighted by atomic mass is 16.7. The van der Waals surface area contributed by atoms with E-state index in [0.717, 1.165) is 18.4 Å². The number of aromatic hydroxyl groups is 3. The molecule has 5 rings (SSSR count). The number of aliphatic hydroxyl groups excluding tert-OH is 6. The number of benzene rings is 2. The average Bonchev–Trinajstić information content (AvgIpc) is 2.95. The van der Waals surface area contributed by atoms with Gasteiger partial charge >= 0.3 is 0 Å². The highest BCUT2D eigenvalue weighted by Gasteiger charge is 2.50. The smallest absolute Gasteiger partial charge is 0.229 e. The minimum atomic E-state index is -1.80. The van der Waals surface area contributed by atoms with Crippen LogP contribution >= 0.6 is 0 Å². The van der Waals surface area contributed by atoms with Crippen molar-refractivity contribution in [1.29, 1.82) is 0 Å². The van der Waals surface area contributed by atoms with Gasteiger partial charge in [-0.25, -0.2) is 0 Å². The predicted octanol–water partition coefficient (Wildman–Crippen LogP) is -1.39. The van der Waals surface area contributed by atoms with Crippen LogP contribution in [0, 0.1) is 0 Å². The number of rotatable bonds is 6. The summed E-state index contributed by atoms with van der Waals surface area (Å²) in [6, 6.07) is 5.96. The third-order valence-corrected chi connectivity index (χ3v) is 7.29. The van der Waals surface area contributed by atoms with E-state index in [1.165, 1.54) is 25.1 Å². The molecule has 15 nitrogen and oxygen atoms in total. The minimum absolute atomic E-state index is 0.0174. The number of ether oxygens (including phenoxy) is 4. The second-order valence-corrected chi connectivity index (χ2v) is 10.1. The standard InChI is InChI=1S/C27H30O15/c1-9-19(32)21(34)23(36)26(39-9)42-25-17(7-28)41-27(24(37)22(25)35)40-11-5-15(31)18-16(6-11)38-8-12(20(18)33)10-2-3-13(29)14(30)4-10/h2-6,8-9,17,19,21-32,34-37H,7H2,1H3. The van der Waals surface area contributed by atoms with Gasteiger partial charge in [-0.2, -0.15) is 0 Å². The van der Waals surface area contributed by atoms with Gasteiger partial charge in [-0.3, -0.25) is 4.79 Å². The molecule has 2 saturated heterocycles. The van der Waals surface area contributed by atoms with Gasteiger partial charge in [0.25, 0.3) is 0 Å². The third-order valence-electron chi connectivity index (χ3n) is 7.29. The second kappa shape index (κ2) is 11.6. The topological polar surface area (TPSA) is 249 Å². The summed E-state index contributed by atoms with van der Waals surface area (Å²) in [5.74, 6) is -1.57. The molecule has 2 aromatic carbocycles. The van der Waals surface area contributed by atoms with Crippen LogP contribution in [0.4, 0.5) is 0 Å². The summed E-state index contributed by atoms with van der Waals surface area (Å²) in [4.78, 5) is 13.1. The van der Waals surface area contributed by atoms with E-state index in [4.69, 9.17) is 23.4 Å². The van der Waals surface area contributed by atoms with Crippen molar-refractivity contribution in [2.45, 2.75) is 68.3 Å². The first kappa shape index (κ1) is 30.0. The number of phenolic OH excluding ortho intramolecular Hbond substituents is 3. The van der Waals surface area contributed by atoms with Crippen LogP contribution in [0.15, 0.2) is 45.8 Å². The molecule has 3 aromatic rings. The summed E-state index contributed by atoms with van der Waals surface area (Å²) in [6.45, 7) is 0.678. The molecular weight excluding hydrogens is 564 g/mol. The Balaban J connectivity index is 1.36. The highest BCUT2D eigenvalue weighted by molar-refractivity contribution is 5.88. The van der Waals surface area contributed by atoms with Gasteiger partial charge in [0, 0.05) is 12.1 Å². The molecule has 10 unspecified atom stereocenters. The molecule has 42 heavy (non-hydrogen) atoms. The second-order valence-electron chi connectivity index (χ2n) is 10.1. The number of phenols is 3. The summed E-state index contributed by atoms with van der Waals surface area (Å²) in [6.07, 6.45) is -14.2. The Kier molecular flexibility index (Phi) is 8.30. The van der Waals surface area contributed by atoms with Crippen LogP contribution < -0.4 is 10.2 Å². The molecule has 15 heteroatoms. The molecule has 0 saturated carbocycles. The normalized spacial score (nSPS) is 33.5. The van der Waals surface area contributed by atoms with Crippen molar-refractivity contribution in [2.24, 2.45) is 0 Å². The molecule has 0 radical (unpaired) electrons. The van der Waals surface area contributed by atoms with Gasteiger partial charge in [-0.05, 0) is 24.6 Å². The molecule has 228 valence electrons. The molecule has 10 atom stereocenters. The van der Waals surface area contributed by atoms with Crippen molar-refractivity contribution >= 4 is 11.0 Å². The van der Waals surface area contributed by atoms with Crippen LogP contribution in [-0.2, 0) is 14.2 Å². The molecule has 0 spiro atoms. The fraction of sp³-hybridized carbons (Fsp3) is 0.444. The van der Waals surface area contributed by atoms with Crippen LogP contribution in [-0.4, -0.2) is 114 Å². The molecule has 0 aliphatic carbocycles. The lowest BCUT2D eigenvalue weighted by molar-refractivity contribution is -0.349. The van der Waals surface area contributed by atoms with Crippen molar-refractivity contribution in [2.75, 3.05) is 6.61 Å². The first-order chi connectivity index (χ1) is 19.9. The molecule has 0 amide bonds. The monoisotopic (exact) mass is 594 g/mol. The lowest BCUT2D eigenvalue weighted by Gasteiger charge is -2.45. The predicted molar refractivity (Wildman–Crippen MR) is 139 cm³/mol. The SMILES string of the molecule is CC1OC(OC2C(CO)OC(Oc3cc(O)c4c(=O)c(-c5ccc(O)c(O)c5)coc4c3)C(O)C2O)C(O)C(O)C1O. The first-order valence-corrected chi connectivity index (χ1v) is 12.9. The number of hydrogen-bond donors (Lipinski definition) is 9. The molecule has 1 aromatic heterocycles. The summed E-state index contributed by atoms with van der Waals surface area (Å²) < 4.78 is 27.6. The van der Waals surface area contributed by atoms with E-state index in [2.05, 4.69) is 0 Å². The molecule has 2 aliphatic heterocycles. The lowest BCUT2D eigenvalue weighted by atomic mass is 9.97. The van der Waals surface area contributed by atoms with E-state index in [1.54, 1.807) is 0 Å². The fourth-order valence-corrected chi connectivity index (χ4v) is 4.90. The Morgan fingerprint density at radius 3 is 2.21 bits per heavy atom. The van der Waals surface area contributed by atoms with Gasteiger partial charge in [0.05, 0.1) is 18.3 Å². The van der Waals surface area contributed by atoms with Gasteiger partial charge in [0.2, 0.25) is 11.7 Å². The Morgan fingerprint density at radius 1 is 0.810 bits per heavy atom. The van der Waals surface area contributed by atoms with E-state index in [-0.39, 0.29) is 33.6 Å². The van der Waals surface area contributed by atoms with Crippen molar-refractivity contribution < 1.29 is 69.3 Å². The molecular formula is C27H30O15. The third kappa shape index (κ3) is 5.37. The van der Waals surface area contributed by atoms with E-state index < -0.39 is 84.9 Å². The van der Waals surface area contributed by atoms with Gasteiger partial charge in [0.1, 0.15) is 71.5 Å². The van der Waals surface area contributed by atoms with Gasteiger partial charge in [0.15, 0.2) is 17.8 Å². The Morgan fingerprint density at radius 2 is 1.52 bits per heavy atom. The first-order valence-electron chi connectivity index (χ1n) is 12.9. The van der Waals surface area contributed by atoms with Crippen LogP contribution in [0.5, 0.6) is 23.0 Å². The van der Waals surface area contributed by atoms with Gasteiger partial charge in [-0.15, -0.1) is 0 Å².